The summed E-state index contributed by atoms with van der Waals surface area (Å²) in [6.07, 6.45) is 5.62. The minimum absolute atomic E-state index is 0.0891. The number of aromatic amines is 1. The fourth-order valence-electron chi connectivity index (χ4n) is 3.33. The number of pyridine rings is 1. The van der Waals surface area contributed by atoms with Crippen LogP contribution in [0.1, 0.15) is 36.0 Å². The summed E-state index contributed by atoms with van der Waals surface area (Å²) < 4.78 is 33.2. The average molecular weight is 509 g/mol. The van der Waals surface area contributed by atoms with Crippen molar-refractivity contribution < 1.29 is 17.9 Å². The summed E-state index contributed by atoms with van der Waals surface area (Å²) in [7, 11) is -3.59. The zero-order valence-electron chi connectivity index (χ0n) is 19.5. The Balaban J connectivity index is 1.75. The highest BCUT2D eigenvalue weighted by atomic mass is 32.2. The van der Waals surface area contributed by atoms with Crippen molar-refractivity contribution >= 4 is 33.3 Å². The van der Waals surface area contributed by atoms with Gasteiger partial charge in [0.25, 0.3) is 5.91 Å². The summed E-state index contributed by atoms with van der Waals surface area (Å²) in [6.45, 7) is 3.32. The van der Waals surface area contributed by atoms with E-state index in [0.29, 0.717) is 17.1 Å². The second-order valence-corrected chi connectivity index (χ2v) is 9.64. The van der Waals surface area contributed by atoms with Crippen molar-refractivity contribution in [2.24, 2.45) is 5.73 Å². The molecule has 13 heteroatoms. The summed E-state index contributed by atoms with van der Waals surface area (Å²) in [5.41, 5.74) is 7.36. The van der Waals surface area contributed by atoms with Crippen molar-refractivity contribution in [2.75, 3.05) is 15.8 Å². The molecular weight excluding hydrogens is 484 g/mol. The van der Waals surface area contributed by atoms with Crippen molar-refractivity contribution in [1.29, 1.82) is 0 Å². The van der Waals surface area contributed by atoms with Crippen LogP contribution < -0.4 is 20.5 Å². The Bertz CT molecular complexity index is 1460. The first kappa shape index (κ1) is 24.6. The molecule has 4 aromatic rings. The van der Waals surface area contributed by atoms with Crippen molar-refractivity contribution in [2.45, 2.75) is 20.0 Å². The monoisotopic (exact) mass is 508 g/mol. The molecule has 0 aliphatic rings. The molecule has 0 saturated heterocycles. The van der Waals surface area contributed by atoms with Crippen molar-refractivity contribution in [3.05, 3.63) is 72.4 Å². The number of carbonyl (C=O) groups excluding carboxylic acids is 1. The lowest BCUT2D eigenvalue weighted by Gasteiger charge is -2.19. The number of nitrogens with one attached hydrogen (secondary N) is 3. The van der Waals surface area contributed by atoms with E-state index in [-0.39, 0.29) is 34.3 Å². The third-order valence-corrected chi connectivity index (χ3v) is 6.43. The lowest BCUT2D eigenvalue weighted by atomic mass is 10.1. The van der Waals surface area contributed by atoms with Crippen LogP contribution in [-0.2, 0) is 10.0 Å². The summed E-state index contributed by atoms with van der Waals surface area (Å²) in [5, 5.41) is 9.96. The number of H-pyrrole nitrogens is 1. The van der Waals surface area contributed by atoms with Crippen LogP contribution in [0.3, 0.4) is 0 Å². The Morgan fingerprint density at radius 3 is 2.67 bits per heavy atom. The molecule has 1 atom stereocenters. The maximum atomic E-state index is 12.4. The third-order valence-electron chi connectivity index (χ3n) is 5.14. The van der Waals surface area contributed by atoms with E-state index in [1.54, 1.807) is 37.4 Å². The van der Waals surface area contributed by atoms with Crippen LogP contribution in [0, 0.1) is 0 Å². The molecule has 3 aromatic heterocycles. The molecule has 0 aliphatic heterocycles. The third kappa shape index (κ3) is 5.58. The largest absolute Gasteiger partial charge is 0.482 e. The van der Waals surface area contributed by atoms with Crippen LogP contribution in [-0.4, -0.2) is 45.2 Å². The van der Waals surface area contributed by atoms with Gasteiger partial charge in [0.15, 0.2) is 0 Å². The molecule has 3 heterocycles. The predicted molar refractivity (Wildman–Crippen MR) is 134 cm³/mol. The van der Waals surface area contributed by atoms with E-state index in [1.807, 2.05) is 6.07 Å². The molecule has 0 bridgehead atoms. The van der Waals surface area contributed by atoms with Gasteiger partial charge in [-0.25, -0.2) is 13.4 Å². The lowest BCUT2D eigenvalue weighted by Crippen LogP contribution is -2.16. The van der Waals surface area contributed by atoms with Gasteiger partial charge in [0.2, 0.25) is 10.0 Å². The first-order valence-electron chi connectivity index (χ1n) is 10.9. The van der Waals surface area contributed by atoms with Crippen LogP contribution in [0.15, 0.2) is 61.2 Å². The van der Waals surface area contributed by atoms with Gasteiger partial charge < -0.3 is 15.8 Å². The minimum atomic E-state index is -3.59. The van der Waals surface area contributed by atoms with Gasteiger partial charge in [-0.2, -0.15) is 5.10 Å². The number of primary amides is 1. The molecule has 0 aliphatic carbocycles. The van der Waals surface area contributed by atoms with E-state index in [4.69, 9.17) is 10.5 Å². The smallest absolute Gasteiger partial charge is 0.254 e. The Morgan fingerprint density at radius 2 is 2.00 bits per heavy atom. The maximum absolute atomic E-state index is 12.4. The summed E-state index contributed by atoms with van der Waals surface area (Å²) in [4.78, 5) is 24.8. The number of hydrogen-bond acceptors (Lipinski definition) is 9. The molecule has 5 N–H and O–H groups in total. The quantitative estimate of drug-likeness (QED) is 0.250. The number of aromatic nitrogens is 5. The number of sulfonamides is 1. The van der Waals surface area contributed by atoms with E-state index >= 15 is 0 Å². The molecule has 1 amide bonds. The van der Waals surface area contributed by atoms with Crippen LogP contribution in [0.2, 0.25) is 0 Å². The molecule has 0 spiro atoms. The van der Waals surface area contributed by atoms with Crippen LogP contribution in [0.5, 0.6) is 5.75 Å². The molecule has 0 saturated carbocycles. The minimum Gasteiger partial charge on any atom is -0.482 e. The van der Waals surface area contributed by atoms with Crippen molar-refractivity contribution in [3.8, 4) is 17.0 Å². The fraction of sp³-hybridized carbons (Fsp3) is 0.174. The van der Waals surface area contributed by atoms with Gasteiger partial charge in [-0.1, -0.05) is 12.1 Å². The molecular formula is C23H24N8O4S. The molecule has 0 fully saturated rings. The normalized spacial score (nSPS) is 12.1. The Hall–Kier alpha value is -4.52. The molecule has 0 unspecified atom stereocenters. The molecule has 1 aromatic carbocycles. The van der Waals surface area contributed by atoms with Gasteiger partial charge >= 0.3 is 0 Å². The highest BCUT2D eigenvalue weighted by Gasteiger charge is 2.23. The highest BCUT2D eigenvalue weighted by Crippen LogP contribution is 2.36. The maximum Gasteiger partial charge on any atom is 0.254 e. The molecule has 186 valence electrons. The van der Waals surface area contributed by atoms with E-state index in [0.717, 1.165) is 0 Å². The van der Waals surface area contributed by atoms with Gasteiger partial charge in [-0.15, -0.1) is 0 Å². The second-order valence-electron chi connectivity index (χ2n) is 7.63. The van der Waals surface area contributed by atoms with E-state index in [1.165, 1.54) is 31.6 Å². The van der Waals surface area contributed by atoms with Crippen LogP contribution >= 0.6 is 0 Å². The number of rotatable bonds is 10. The SMILES string of the molecule is CCS(=O)(=O)Nc1ccc(-c2n[nH]c(Nc3cnccn3)c2C(N)=O)cc1O[C@@H](C)c1ccccn1. The topological polar surface area (TPSA) is 178 Å². The summed E-state index contributed by atoms with van der Waals surface area (Å²) in [5.74, 6) is -0.00683. The number of carbonyl (C=O) groups is 1. The Labute approximate surface area is 207 Å². The number of amides is 1. The van der Waals surface area contributed by atoms with Gasteiger partial charge in [0, 0.05) is 24.2 Å². The zero-order valence-corrected chi connectivity index (χ0v) is 20.3. The molecule has 12 nitrogen and oxygen atoms in total. The van der Waals surface area contributed by atoms with Crippen molar-refractivity contribution in [3.63, 3.8) is 0 Å². The number of anilines is 3. The number of benzene rings is 1. The van der Waals surface area contributed by atoms with Crippen molar-refractivity contribution in [1.82, 2.24) is 25.1 Å². The van der Waals surface area contributed by atoms with Gasteiger partial charge in [0.05, 0.1) is 23.3 Å². The van der Waals surface area contributed by atoms with Gasteiger partial charge in [-0.05, 0) is 38.1 Å². The number of hydrogen-bond donors (Lipinski definition) is 4. The number of nitrogens with zero attached hydrogens (tertiary/aromatic N) is 4. The van der Waals surface area contributed by atoms with Crippen LogP contribution in [0.25, 0.3) is 11.3 Å². The number of ether oxygens (including phenoxy) is 1. The van der Waals surface area contributed by atoms with E-state index < -0.39 is 22.0 Å². The summed E-state index contributed by atoms with van der Waals surface area (Å²) in [6, 6.07) is 10.1. The average Bonchev–Trinajstić information content (AvgIpc) is 3.30. The van der Waals surface area contributed by atoms with Crippen LogP contribution in [0.4, 0.5) is 17.3 Å². The van der Waals surface area contributed by atoms with Gasteiger partial charge in [-0.3, -0.25) is 24.6 Å². The second kappa shape index (κ2) is 10.4. The molecule has 4 rings (SSSR count). The Morgan fingerprint density at radius 1 is 1.17 bits per heavy atom. The predicted octanol–water partition coefficient (Wildman–Crippen LogP) is 3.01. The number of nitrogens with two attached hydrogens (primary N) is 1. The highest BCUT2D eigenvalue weighted by molar-refractivity contribution is 7.92. The van der Waals surface area contributed by atoms with E-state index in [9.17, 15) is 13.2 Å². The first-order valence-corrected chi connectivity index (χ1v) is 12.6. The fourth-order valence-corrected chi connectivity index (χ4v) is 3.98. The Kier molecular flexibility index (Phi) is 7.10. The zero-order chi connectivity index (χ0) is 25.7. The lowest BCUT2D eigenvalue weighted by molar-refractivity contribution is 0.100. The summed E-state index contributed by atoms with van der Waals surface area (Å²) >= 11 is 0. The first-order chi connectivity index (χ1) is 17.3. The van der Waals surface area contributed by atoms with Gasteiger partial charge in [0.1, 0.15) is 34.7 Å². The molecule has 36 heavy (non-hydrogen) atoms. The van der Waals surface area contributed by atoms with E-state index in [2.05, 4.69) is 35.2 Å². The molecule has 0 radical (unpaired) electrons. The standard InChI is InChI=1S/C23H24N8O4S/c1-3-36(33,34)31-17-8-7-15(12-18(17)35-14(2)16-6-4-5-9-26-16)21-20(22(24)32)23(30-29-21)28-19-13-25-10-11-27-19/h4-14,31H,3H2,1-2H3,(H2,24,32)(H2,27,28,29,30)/t14-/m0/s1.